The van der Waals surface area contributed by atoms with Gasteiger partial charge in [0.1, 0.15) is 6.61 Å². The molecule has 0 heterocycles. The fraction of sp³-hybridized carbons (Fsp3) is 0.929. The molecule has 0 saturated carbocycles. The summed E-state index contributed by atoms with van der Waals surface area (Å²) in [6.45, 7) is 13.5. The maximum atomic E-state index is 11.5. The molecule has 0 radical (unpaired) electrons. The van der Waals surface area contributed by atoms with Crippen molar-refractivity contribution in [2.24, 2.45) is 10.8 Å². The molecule has 0 N–H and O–H groups in total. The van der Waals surface area contributed by atoms with Crippen LogP contribution in [-0.4, -0.2) is 19.0 Å². The highest BCUT2D eigenvalue weighted by Gasteiger charge is 2.20. The molecule has 0 rings (SSSR count). The maximum Gasteiger partial charge on any atom is 0.163 e. The van der Waals surface area contributed by atoms with Crippen molar-refractivity contribution in [1.82, 2.24) is 0 Å². The van der Waals surface area contributed by atoms with Gasteiger partial charge >= 0.3 is 0 Å². The van der Waals surface area contributed by atoms with Crippen molar-refractivity contribution in [3.63, 3.8) is 0 Å². The summed E-state index contributed by atoms with van der Waals surface area (Å²) in [5.74, 6) is 0.184. The zero-order chi connectivity index (χ0) is 12.8. The van der Waals surface area contributed by atoms with Gasteiger partial charge in [-0.05, 0) is 18.3 Å². The van der Waals surface area contributed by atoms with Gasteiger partial charge in [0, 0.05) is 12.0 Å². The second-order valence-corrected chi connectivity index (χ2v) is 6.74. The Labute approximate surface area is 101 Å². The van der Waals surface area contributed by atoms with Crippen LogP contribution in [0.25, 0.3) is 0 Å². The van der Waals surface area contributed by atoms with Crippen molar-refractivity contribution in [3.8, 4) is 0 Å². The van der Waals surface area contributed by atoms with Crippen molar-refractivity contribution in [2.45, 2.75) is 60.8 Å². The number of ketones is 1. The highest BCUT2D eigenvalue weighted by atomic mass is 16.5. The number of rotatable bonds is 6. The molecule has 0 aliphatic rings. The number of Topliss-reactive ketones (excluding diaryl/α,β-unsaturated/α-hetero) is 1. The highest BCUT2D eigenvalue weighted by molar-refractivity contribution is 5.84. The van der Waals surface area contributed by atoms with Crippen molar-refractivity contribution in [2.75, 3.05) is 13.2 Å². The molecule has 0 bridgehead atoms. The molecule has 0 fully saturated rings. The number of hydrogen-bond acceptors (Lipinski definition) is 2. The Bertz CT molecular complexity index is 206. The molecule has 0 spiro atoms. The molecule has 2 heteroatoms. The van der Waals surface area contributed by atoms with E-state index in [1.165, 1.54) is 12.8 Å². The summed E-state index contributed by atoms with van der Waals surface area (Å²) in [5, 5.41) is 0. The Hall–Kier alpha value is -0.370. The van der Waals surface area contributed by atoms with Gasteiger partial charge in [-0.25, -0.2) is 0 Å². The zero-order valence-electron chi connectivity index (χ0n) is 11.9. The molecular formula is C14H28O2. The van der Waals surface area contributed by atoms with Gasteiger partial charge in [0.2, 0.25) is 0 Å². The second-order valence-electron chi connectivity index (χ2n) is 6.74. The molecule has 0 aliphatic carbocycles. The van der Waals surface area contributed by atoms with Gasteiger partial charge in [-0.15, -0.1) is 0 Å². The van der Waals surface area contributed by atoms with E-state index in [1.807, 2.05) is 20.8 Å². The Kier molecular flexibility index (Phi) is 6.24. The lowest BCUT2D eigenvalue weighted by molar-refractivity contribution is -0.131. The van der Waals surface area contributed by atoms with Crippen LogP contribution in [0.1, 0.15) is 60.8 Å². The van der Waals surface area contributed by atoms with E-state index in [-0.39, 0.29) is 17.8 Å². The minimum Gasteiger partial charge on any atom is -0.374 e. The van der Waals surface area contributed by atoms with Crippen molar-refractivity contribution in [1.29, 1.82) is 0 Å². The molecule has 0 aliphatic heterocycles. The predicted octanol–water partition coefficient (Wildman–Crippen LogP) is 3.83. The van der Waals surface area contributed by atoms with E-state index < -0.39 is 0 Å². The molecule has 0 aromatic rings. The van der Waals surface area contributed by atoms with Crippen LogP contribution in [0.2, 0.25) is 0 Å². The molecule has 0 aromatic heterocycles. The Morgan fingerprint density at radius 1 is 1.00 bits per heavy atom. The molecule has 16 heavy (non-hydrogen) atoms. The third kappa shape index (κ3) is 8.90. The minimum absolute atomic E-state index is 0.184. The predicted molar refractivity (Wildman–Crippen MR) is 68.6 cm³/mol. The first-order valence-corrected chi connectivity index (χ1v) is 6.24. The molecule has 0 amide bonds. The fourth-order valence-corrected chi connectivity index (χ4v) is 1.24. The lowest BCUT2D eigenvalue weighted by Gasteiger charge is -2.18. The first-order chi connectivity index (χ1) is 7.13. The summed E-state index contributed by atoms with van der Waals surface area (Å²) in [6, 6.07) is 0. The van der Waals surface area contributed by atoms with Gasteiger partial charge in [0.05, 0.1) is 0 Å². The van der Waals surface area contributed by atoms with Crippen LogP contribution in [0.15, 0.2) is 0 Å². The standard InChI is InChI=1S/C14H28O2/c1-13(2,3)9-7-8-10-16-11-12(15)14(4,5)6/h7-11H2,1-6H3. The monoisotopic (exact) mass is 228 g/mol. The summed E-state index contributed by atoms with van der Waals surface area (Å²) in [5.41, 5.74) is 0.132. The quantitative estimate of drug-likeness (QED) is 0.646. The summed E-state index contributed by atoms with van der Waals surface area (Å²) >= 11 is 0. The van der Waals surface area contributed by atoms with Crippen LogP contribution in [0.5, 0.6) is 0 Å². The first-order valence-electron chi connectivity index (χ1n) is 6.24. The number of carbonyl (C=O) groups excluding carboxylic acids is 1. The van der Waals surface area contributed by atoms with E-state index in [2.05, 4.69) is 20.8 Å². The number of unbranched alkanes of at least 4 members (excludes halogenated alkanes) is 1. The lowest BCUT2D eigenvalue weighted by atomic mass is 9.90. The van der Waals surface area contributed by atoms with Crippen LogP contribution in [0.3, 0.4) is 0 Å². The maximum absolute atomic E-state index is 11.5. The van der Waals surface area contributed by atoms with Crippen LogP contribution in [0, 0.1) is 10.8 Å². The van der Waals surface area contributed by atoms with Crippen molar-refractivity contribution >= 4 is 5.78 Å². The first kappa shape index (κ1) is 15.6. The van der Waals surface area contributed by atoms with E-state index in [0.717, 1.165) is 6.42 Å². The van der Waals surface area contributed by atoms with Gasteiger partial charge in [0.15, 0.2) is 5.78 Å². The Balaban J connectivity index is 3.45. The van der Waals surface area contributed by atoms with E-state index >= 15 is 0 Å². The third-order valence-corrected chi connectivity index (χ3v) is 2.54. The molecule has 0 unspecified atom stereocenters. The highest BCUT2D eigenvalue weighted by Crippen LogP contribution is 2.21. The van der Waals surface area contributed by atoms with Crippen LogP contribution < -0.4 is 0 Å². The SMILES string of the molecule is CC(C)(C)CCCCOCC(=O)C(C)(C)C. The largest absolute Gasteiger partial charge is 0.374 e. The summed E-state index contributed by atoms with van der Waals surface area (Å²) in [4.78, 5) is 11.5. The Morgan fingerprint density at radius 3 is 2.00 bits per heavy atom. The molecular weight excluding hydrogens is 200 g/mol. The molecule has 96 valence electrons. The van der Waals surface area contributed by atoms with Crippen molar-refractivity contribution in [3.05, 3.63) is 0 Å². The number of ether oxygens (including phenoxy) is 1. The molecule has 0 saturated heterocycles. The topological polar surface area (TPSA) is 26.3 Å². The van der Waals surface area contributed by atoms with Gasteiger partial charge in [-0.3, -0.25) is 4.79 Å². The molecule has 2 nitrogen and oxygen atoms in total. The van der Waals surface area contributed by atoms with Crippen LogP contribution in [-0.2, 0) is 9.53 Å². The lowest BCUT2D eigenvalue weighted by Crippen LogP contribution is -2.25. The van der Waals surface area contributed by atoms with E-state index in [0.29, 0.717) is 12.0 Å². The minimum atomic E-state index is -0.272. The average molecular weight is 228 g/mol. The van der Waals surface area contributed by atoms with E-state index in [9.17, 15) is 4.79 Å². The Morgan fingerprint density at radius 2 is 1.56 bits per heavy atom. The molecule has 0 aromatic carbocycles. The smallest absolute Gasteiger partial charge is 0.163 e. The van der Waals surface area contributed by atoms with E-state index in [4.69, 9.17) is 4.74 Å². The third-order valence-electron chi connectivity index (χ3n) is 2.54. The van der Waals surface area contributed by atoms with E-state index in [1.54, 1.807) is 0 Å². The van der Waals surface area contributed by atoms with Crippen LogP contribution in [0.4, 0.5) is 0 Å². The number of hydrogen-bond donors (Lipinski definition) is 0. The van der Waals surface area contributed by atoms with Crippen LogP contribution >= 0.6 is 0 Å². The zero-order valence-corrected chi connectivity index (χ0v) is 11.9. The molecule has 0 atom stereocenters. The van der Waals surface area contributed by atoms with Crippen molar-refractivity contribution < 1.29 is 9.53 Å². The second kappa shape index (κ2) is 6.39. The van der Waals surface area contributed by atoms with Gasteiger partial charge < -0.3 is 4.74 Å². The average Bonchev–Trinajstić information content (AvgIpc) is 2.07. The number of carbonyl (C=O) groups is 1. The van der Waals surface area contributed by atoms with Gasteiger partial charge in [-0.2, -0.15) is 0 Å². The van der Waals surface area contributed by atoms with Gasteiger partial charge in [-0.1, -0.05) is 48.0 Å². The fourth-order valence-electron chi connectivity index (χ4n) is 1.24. The summed E-state index contributed by atoms with van der Waals surface area (Å²) < 4.78 is 5.39. The normalized spacial score (nSPS) is 12.9. The van der Waals surface area contributed by atoms with Gasteiger partial charge in [0.25, 0.3) is 0 Å². The summed E-state index contributed by atoms with van der Waals surface area (Å²) in [6.07, 6.45) is 3.44. The summed E-state index contributed by atoms with van der Waals surface area (Å²) in [7, 11) is 0.